The molecule has 0 radical (unpaired) electrons. The predicted octanol–water partition coefficient (Wildman–Crippen LogP) is 5.09. The van der Waals surface area contributed by atoms with E-state index < -0.39 is 0 Å². The van der Waals surface area contributed by atoms with E-state index in [1.54, 1.807) is 23.5 Å². The molecular weight excluding hydrogens is 297 g/mol. The van der Waals surface area contributed by atoms with Crippen molar-refractivity contribution in [3.05, 3.63) is 43.5 Å². The molecule has 1 aromatic carbocycles. The lowest BCUT2D eigenvalue weighted by molar-refractivity contribution is 0.831. The molecule has 1 aromatic heterocycles. The van der Waals surface area contributed by atoms with Crippen LogP contribution in [0.5, 0.6) is 0 Å². The molecule has 1 nitrogen and oxygen atoms in total. The molecular formula is C12H10Cl3NS. The Balaban J connectivity index is 2.45. The molecule has 2 rings (SSSR count). The summed E-state index contributed by atoms with van der Waals surface area (Å²) in [6.07, 6.45) is 0. The Bertz CT molecular complexity index is 513. The minimum absolute atomic E-state index is 0.550. The van der Waals surface area contributed by atoms with Gasteiger partial charge in [0.1, 0.15) is 0 Å². The Morgan fingerprint density at radius 1 is 1.12 bits per heavy atom. The van der Waals surface area contributed by atoms with Gasteiger partial charge in [0.25, 0.3) is 0 Å². The minimum Gasteiger partial charge on any atom is -0.315 e. The van der Waals surface area contributed by atoms with E-state index in [0.717, 1.165) is 17.7 Å². The fraction of sp³-hybridized carbons (Fsp3) is 0.167. The van der Waals surface area contributed by atoms with Gasteiger partial charge in [-0.2, -0.15) is 0 Å². The van der Waals surface area contributed by atoms with Crippen LogP contribution in [-0.4, -0.2) is 7.05 Å². The second kappa shape index (κ2) is 5.59. The smallest absolute Gasteiger partial charge is 0.0514 e. The van der Waals surface area contributed by atoms with E-state index in [1.165, 1.54) is 4.88 Å². The number of thiophene rings is 1. The third kappa shape index (κ3) is 2.95. The van der Waals surface area contributed by atoms with Crippen LogP contribution < -0.4 is 5.32 Å². The highest BCUT2D eigenvalue weighted by atomic mass is 35.5. The first-order valence-electron chi connectivity index (χ1n) is 4.98. The molecule has 1 heterocycles. The molecule has 0 aliphatic rings. The summed E-state index contributed by atoms with van der Waals surface area (Å²) < 4.78 is 0. The van der Waals surface area contributed by atoms with Crippen molar-refractivity contribution in [1.29, 1.82) is 0 Å². The third-order valence-electron chi connectivity index (χ3n) is 2.30. The number of nitrogens with one attached hydrogen (secondary N) is 1. The maximum absolute atomic E-state index is 6.18. The van der Waals surface area contributed by atoms with Gasteiger partial charge in [-0.25, -0.2) is 0 Å². The van der Waals surface area contributed by atoms with Crippen molar-refractivity contribution < 1.29 is 0 Å². The molecule has 0 unspecified atom stereocenters. The van der Waals surface area contributed by atoms with E-state index in [9.17, 15) is 0 Å². The summed E-state index contributed by atoms with van der Waals surface area (Å²) in [4.78, 5) is 1.24. The zero-order valence-electron chi connectivity index (χ0n) is 9.06. The first kappa shape index (κ1) is 13.2. The second-order valence-electron chi connectivity index (χ2n) is 3.58. The average molecular weight is 307 g/mol. The molecule has 0 aliphatic carbocycles. The Morgan fingerprint density at radius 2 is 1.76 bits per heavy atom. The summed E-state index contributed by atoms with van der Waals surface area (Å²) in [5, 5.41) is 6.87. The molecule has 90 valence electrons. The van der Waals surface area contributed by atoms with E-state index in [0.29, 0.717) is 15.1 Å². The van der Waals surface area contributed by atoms with Crippen LogP contribution in [0.25, 0.3) is 11.1 Å². The Morgan fingerprint density at radius 3 is 2.35 bits per heavy atom. The minimum atomic E-state index is 0.550. The van der Waals surface area contributed by atoms with E-state index >= 15 is 0 Å². The van der Waals surface area contributed by atoms with Gasteiger partial charge in [0, 0.05) is 22.0 Å². The van der Waals surface area contributed by atoms with Gasteiger partial charge in [0.15, 0.2) is 0 Å². The maximum Gasteiger partial charge on any atom is 0.0514 e. The number of benzene rings is 1. The molecule has 2 aromatic rings. The van der Waals surface area contributed by atoms with Crippen molar-refractivity contribution in [3.8, 4) is 11.1 Å². The van der Waals surface area contributed by atoms with Crippen LogP contribution in [-0.2, 0) is 6.54 Å². The Hall–Kier alpha value is -0.250. The molecule has 0 atom stereocenters. The molecule has 0 bridgehead atoms. The van der Waals surface area contributed by atoms with Crippen LogP contribution in [0, 0.1) is 0 Å². The monoisotopic (exact) mass is 305 g/mol. The van der Waals surface area contributed by atoms with Crippen LogP contribution >= 0.6 is 46.1 Å². The van der Waals surface area contributed by atoms with Gasteiger partial charge >= 0.3 is 0 Å². The van der Waals surface area contributed by atoms with E-state index in [1.807, 2.05) is 12.4 Å². The third-order valence-corrected chi connectivity index (χ3v) is 4.05. The van der Waals surface area contributed by atoms with E-state index in [2.05, 4.69) is 11.4 Å². The van der Waals surface area contributed by atoms with Crippen LogP contribution in [0.3, 0.4) is 0 Å². The topological polar surface area (TPSA) is 12.0 Å². The number of hydrogen-bond acceptors (Lipinski definition) is 2. The van der Waals surface area contributed by atoms with Crippen molar-refractivity contribution in [2.75, 3.05) is 7.05 Å². The van der Waals surface area contributed by atoms with Crippen molar-refractivity contribution in [1.82, 2.24) is 5.32 Å². The summed E-state index contributed by atoms with van der Waals surface area (Å²) in [5.41, 5.74) is 1.88. The van der Waals surface area contributed by atoms with Gasteiger partial charge in [0.05, 0.1) is 10.0 Å². The van der Waals surface area contributed by atoms with Gasteiger partial charge in [-0.15, -0.1) is 11.3 Å². The molecule has 1 N–H and O–H groups in total. The largest absolute Gasteiger partial charge is 0.315 e. The van der Waals surface area contributed by atoms with Crippen LogP contribution in [0.2, 0.25) is 15.1 Å². The standard InChI is InChI=1S/C12H10Cl3NS/c1-16-5-9-2-7(6-17-9)12-10(14)3-8(13)4-11(12)15/h2-4,6,16H,5H2,1H3. The first-order valence-corrected chi connectivity index (χ1v) is 7.00. The normalized spacial score (nSPS) is 10.8. The molecule has 0 saturated carbocycles. The molecule has 0 amide bonds. The molecule has 0 saturated heterocycles. The highest BCUT2D eigenvalue weighted by Crippen LogP contribution is 2.38. The van der Waals surface area contributed by atoms with E-state index in [4.69, 9.17) is 34.8 Å². The van der Waals surface area contributed by atoms with Gasteiger partial charge in [-0.1, -0.05) is 34.8 Å². The lowest BCUT2D eigenvalue weighted by atomic mass is 10.1. The Labute approximate surface area is 119 Å². The highest BCUT2D eigenvalue weighted by molar-refractivity contribution is 7.10. The van der Waals surface area contributed by atoms with Gasteiger partial charge in [-0.3, -0.25) is 0 Å². The van der Waals surface area contributed by atoms with Crippen molar-refractivity contribution in [2.24, 2.45) is 0 Å². The number of halogens is 3. The number of hydrogen-bond donors (Lipinski definition) is 1. The fourth-order valence-electron chi connectivity index (χ4n) is 1.60. The quantitative estimate of drug-likeness (QED) is 0.832. The molecule has 0 aliphatic heterocycles. The molecule has 5 heteroatoms. The van der Waals surface area contributed by atoms with Crippen LogP contribution in [0.15, 0.2) is 23.6 Å². The summed E-state index contributed by atoms with van der Waals surface area (Å²) in [7, 11) is 1.92. The van der Waals surface area contributed by atoms with Gasteiger partial charge < -0.3 is 5.32 Å². The van der Waals surface area contributed by atoms with Crippen LogP contribution in [0.1, 0.15) is 4.88 Å². The van der Waals surface area contributed by atoms with Gasteiger partial charge in [-0.05, 0) is 36.2 Å². The SMILES string of the molecule is CNCc1cc(-c2c(Cl)cc(Cl)cc2Cl)cs1. The summed E-state index contributed by atoms with van der Waals surface area (Å²) in [6.45, 7) is 0.841. The molecule has 0 fully saturated rings. The van der Waals surface area contributed by atoms with Crippen molar-refractivity contribution in [2.45, 2.75) is 6.54 Å². The Kier molecular flexibility index (Phi) is 4.34. The molecule has 17 heavy (non-hydrogen) atoms. The van der Waals surface area contributed by atoms with Gasteiger partial charge in [0.2, 0.25) is 0 Å². The average Bonchev–Trinajstić information content (AvgIpc) is 2.65. The van der Waals surface area contributed by atoms with E-state index in [-0.39, 0.29) is 0 Å². The van der Waals surface area contributed by atoms with Crippen molar-refractivity contribution in [3.63, 3.8) is 0 Å². The molecule has 0 spiro atoms. The lowest BCUT2D eigenvalue weighted by Gasteiger charge is -2.05. The second-order valence-corrected chi connectivity index (χ2v) is 5.82. The van der Waals surface area contributed by atoms with Crippen LogP contribution in [0.4, 0.5) is 0 Å². The summed E-state index contributed by atoms with van der Waals surface area (Å²) in [6, 6.07) is 5.50. The number of rotatable bonds is 3. The van der Waals surface area contributed by atoms with Crippen molar-refractivity contribution >= 4 is 46.1 Å². The zero-order chi connectivity index (χ0) is 12.4. The fourth-order valence-corrected chi connectivity index (χ4v) is 3.52. The highest BCUT2D eigenvalue weighted by Gasteiger charge is 2.11. The lowest BCUT2D eigenvalue weighted by Crippen LogP contribution is -2.02. The summed E-state index contributed by atoms with van der Waals surface area (Å²) >= 11 is 19.9. The maximum atomic E-state index is 6.18. The summed E-state index contributed by atoms with van der Waals surface area (Å²) in [5.74, 6) is 0. The first-order chi connectivity index (χ1) is 8.11. The zero-order valence-corrected chi connectivity index (χ0v) is 12.1. The predicted molar refractivity (Wildman–Crippen MR) is 77.5 cm³/mol.